The summed E-state index contributed by atoms with van der Waals surface area (Å²) in [7, 11) is 0. The molecule has 1 aromatic carbocycles. The predicted molar refractivity (Wildman–Crippen MR) is 136 cm³/mol. The van der Waals surface area contributed by atoms with Crippen LogP contribution in [-0.4, -0.2) is 51.0 Å². The van der Waals surface area contributed by atoms with Gasteiger partial charge in [-0.1, -0.05) is 0 Å². The zero-order valence-electron chi connectivity index (χ0n) is 20.8. The van der Waals surface area contributed by atoms with E-state index in [-0.39, 0.29) is 11.5 Å². The van der Waals surface area contributed by atoms with Crippen LogP contribution in [0.5, 0.6) is 0 Å². The lowest BCUT2D eigenvalue weighted by Gasteiger charge is -2.29. The Kier molecular flexibility index (Phi) is 6.65. The molecule has 4 aromatic rings. The Labute approximate surface area is 214 Å². The fraction of sp³-hybridized carbons (Fsp3) is 0.429. The van der Waals surface area contributed by atoms with Gasteiger partial charge >= 0.3 is 0 Å². The highest BCUT2D eigenvalue weighted by Gasteiger charge is 2.26. The summed E-state index contributed by atoms with van der Waals surface area (Å²) < 4.78 is 35.7. The number of ether oxygens (including phenoxy) is 1. The smallest absolute Gasteiger partial charge is 0.163 e. The van der Waals surface area contributed by atoms with Crippen LogP contribution >= 0.6 is 0 Å². The molecule has 1 N–H and O–H groups in total. The second kappa shape index (κ2) is 10.2. The number of nitrogens with one attached hydrogen (secondary N) is 1. The van der Waals surface area contributed by atoms with Crippen LogP contribution in [0.15, 0.2) is 42.7 Å². The van der Waals surface area contributed by atoms with Gasteiger partial charge in [0.15, 0.2) is 5.65 Å². The molecule has 3 fully saturated rings. The van der Waals surface area contributed by atoms with Crippen LogP contribution in [0, 0.1) is 18.6 Å². The second-order valence-electron chi connectivity index (χ2n) is 10.0. The number of fused-ring (bicyclic) bond motifs is 1. The highest BCUT2D eigenvalue weighted by molar-refractivity contribution is 5.91. The third-order valence-corrected chi connectivity index (χ3v) is 7.37. The molecule has 1 aliphatic carbocycles. The van der Waals surface area contributed by atoms with Gasteiger partial charge in [0, 0.05) is 73.2 Å². The van der Waals surface area contributed by atoms with Crippen LogP contribution in [0.1, 0.15) is 60.6 Å². The zero-order valence-corrected chi connectivity index (χ0v) is 20.8. The van der Waals surface area contributed by atoms with E-state index < -0.39 is 11.6 Å². The number of halogens is 2. The standard InChI is InChI=1S/C22H22F2N4O.C6H8N2/c1-12-17(14-10-25-11-14)9-18-20(16-3-2-15(23)8-19(16)24)27-21(28-22(18)26-12)13-4-6-29-7-5-13;1-4-7-8(5-1)6-2-3-6/h2-3,8-9,13-14,25H,4-7,10-11H2,1H3;1,4-6H,2-3H2. The molecule has 2 saturated heterocycles. The molecule has 0 atom stereocenters. The normalized spacial score (nSPS) is 18.4. The van der Waals surface area contributed by atoms with Crippen molar-refractivity contribution in [1.29, 1.82) is 0 Å². The first-order valence-corrected chi connectivity index (χ1v) is 13.0. The van der Waals surface area contributed by atoms with Crippen molar-refractivity contribution >= 4 is 11.0 Å². The summed E-state index contributed by atoms with van der Waals surface area (Å²) in [5.74, 6) is -0.0506. The number of benzene rings is 1. The molecule has 3 aromatic heterocycles. The van der Waals surface area contributed by atoms with Gasteiger partial charge in [0.1, 0.15) is 17.5 Å². The maximum Gasteiger partial charge on any atom is 0.163 e. The summed E-state index contributed by atoms with van der Waals surface area (Å²) in [6.45, 7) is 5.10. The molecule has 0 spiro atoms. The van der Waals surface area contributed by atoms with Crippen molar-refractivity contribution in [3.63, 3.8) is 0 Å². The number of aryl methyl sites for hydroxylation is 1. The summed E-state index contributed by atoms with van der Waals surface area (Å²) in [5, 5.41) is 8.08. The van der Waals surface area contributed by atoms with Crippen LogP contribution in [0.4, 0.5) is 8.78 Å². The minimum absolute atomic E-state index is 0.146. The van der Waals surface area contributed by atoms with Crippen LogP contribution in [0.25, 0.3) is 22.3 Å². The van der Waals surface area contributed by atoms with Crippen molar-refractivity contribution < 1.29 is 13.5 Å². The second-order valence-corrected chi connectivity index (χ2v) is 10.0. The lowest BCUT2D eigenvalue weighted by molar-refractivity contribution is 0.0836. The molecule has 7 rings (SSSR count). The molecule has 3 aliphatic rings. The Bertz CT molecular complexity index is 1400. The number of pyridine rings is 1. The van der Waals surface area contributed by atoms with Gasteiger partial charge in [-0.05, 0) is 62.4 Å². The minimum Gasteiger partial charge on any atom is -0.381 e. The molecule has 2 aliphatic heterocycles. The number of rotatable bonds is 4. The minimum atomic E-state index is -0.629. The molecular formula is C28H30F2N6O. The third kappa shape index (κ3) is 5.10. The van der Waals surface area contributed by atoms with Crippen molar-refractivity contribution in [3.8, 4) is 11.3 Å². The number of nitrogens with zero attached hydrogens (tertiary/aromatic N) is 5. The van der Waals surface area contributed by atoms with Crippen molar-refractivity contribution in [2.75, 3.05) is 26.3 Å². The summed E-state index contributed by atoms with van der Waals surface area (Å²) >= 11 is 0. The van der Waals surface area contributed by atoms with E-state index in [1.807, 2.05) is 36.1 Å². The van der Waals surface area contributed by atoms with E-state index in [0.29, 0.717) is 41.7 Å². The molecule has 37 heavy (non-hydrogen) atoms. The molecule has 0 radical (unpaired) electrons. The largest absolute Gasteiger partial charge is 0.381 e. The van der Waals surface area contributed by atoms with E-state index in [4.69, 9.17) is 19.7 Å². The van der Waals surface area contributed by atoms with Gasteiger partial charge in [-0.25, -0.2) is 23.7 Å². The quantitative estimate of drug-likeness (QED) is 0.418. The first-order valence-electron chi connectivity index (χ1n) is 13.0. The summed E-state index contributed by atoms with van der Waals surface area (Å²) in [6, 6.07) is 8.36. The summed E-state index contributed by atoms with van der Waals surface area (Å²) in [6.07, 6.45) is 8.14. The molecule has 9 heteroatoms. The number of hydrogen-bond acceptors (Lipinski definition) is 6. The zero-order chi connectivity index (χ0) is 25.4. The Morgan fingerprint density at radius 1 is 0.973 bits per heavy atom. The number of aromatic nitrogens is 5. The SMILES string of the molecule is Cc1nc2nc(C3CCOCC3)nc(-c3ccc(F)cc3F)c2cc1C1CNC1.c1cnn(C2CC2)c1. The van der Waals surface area contributed by atoms with Gasteiger partial charge in [0.05, 0.1) is 11.7 Å². The maximum absolute atomic E-state index is 14.7. The van der Waals surface area contributed by atoms with Gasteiger partial charge in [-0.3, -0.25) is 4.68 Å². The van der Waals surface area contributed by atoms with E-state index in [9.17, 15) is 8.78 Å². The van der Waals surface area contributed by atoms with E-state index >= 15 is 0 Å². The summed E-state index contributed by atoms with van der Waals surface area (Å²) in [4.78, 5) is 14.3. The van der Waals surface area contributed by atoms with Crippen LogP contribution in [0.2, 0.25) is 0 Å². The van der Waals surface area contributed by atoms with Gasteiger partial charge < -0.3 is 10.1 Å². The van der Waals surface area contributed by atoms with Gasteiger partial charge in [-0.2, -0.15) is 5.10 Å². The van der Waals surface area contributed by atoms with Crippen LogP contribution in [-0.2, 0) is 4.74 Å². The van der Waals surface area contributed by atoms with Crippen molar-refractivity contribution in [3.05, 3.63) is 71.4 Å². The first kappa shape index (κ1) is 24.1. The van der Waals surface area contributed by atoms with E-state index in [1.54, 1.807) is 0 Å². The van der Waals surface area contributed by atoms with Crippen LogP contribution < -0.4 is 5.32 Å². The lowest BCUT2D eigenvalue weighted by Crippen LogP contribution is -2.40. The molecule has 0 unspecified atom stereocenters. The fourth-order valence-electron chi connectivity index (χ4n) is 4.96. The highest BCUT2D eigenvalue weighted by atomic mass is 19.1. The van der Waals surface area contributed by atoms with Gasteiger partial charge in [0.25, 0.3) is 0 Å². The Morgan fingerprint density at radius 2 is 1.78 bits per heavy atom. The molecule has 7 nitrogen and oxygen atoms in total. The third-order valence-electron chi connectivity index (χ3n) is 7.37. The fourth-order valence-corrected chi connectivity index (χ4v) is 4.96. The van der Waals surface area contributed by atoms with E-state index in [0.717, 1.165) is 49.3 Å². The topological polar surface area (TPSA) is 77.8 Å². The lowest BCUT2D eigenvalue weighted by atomic mass is 9.91. The van der Waals surface area contributed by atoms with Gasteiger partial charge in [-0.15, -0.1) is 0 Å². The molecule has 1 saturated carbocycles. The average Bonchev–Trinajstić information content (AvgIpc) is 3.58. The molecule has 0 bridgehead atoms. The van der Waals surface area contributed by atoms with Crippen molar-refractivity contribution in [1.82, 2.24) is 30.0 Å². The molecular weight excluding hydrogens is 474 g/mol. The van der Waals surface area contributed by atoms with E-state index in [1.165, 1.54) is 25.0 Å². The van der Waals surface area contributed by atoms with Crippen molar-refractivity contribution in [2.24, 2.45) is 0 Å². The maximum atomic E-state index is 14.7. The molecule has 0 amide bonds. The summed E-state index contributed by atoms with van der Waals surface area (Å²) in [5.41, 5.74) is 3.38. The average molecular weight is 505 g/mol. The van der Waals surface area contributed by atoms with E-state index in [2.05, 4.69) is 10.4 Å². The first-order chi connectivity index (χ1) is 18.1. The van der Waals surface area contributed by atoms with Crippen LogP contribution in [0.3, 0.4) is 0 Å². The number of hydrogen-bond donors (Lipinski definition) is 1. The van der Waals surface area contributed by atoms with Gasteiger partial charge in [0.2, 0.25) is 0 Å². The highest BCUT2D eigenvalue weighted by Crippen LogP contribution is 2.35. The Morgan fingerprint density at radius 3 is 2.43 bits per heavy atom. The molecule has 192 valence electrons. The predicted octanol–water partition coefficient (Wildman–Crippen LogP) is 5.08. The van der Waals surface area contributed by atoms with Crippen molar-refractivity contribution in [2.45, 2.75) is 50.5 Å². The monoisotopic (exact) mass is 504 g/mol. The Balaban J connectivity index is 0.000000266. The Hall–Kier alpha value is -3.30. The molecule has 5 heterocycles.